The molecule has 0 bridgehead atoms. The van der Waals surface area contributed by atoms with Crippen LogP contribution in [0.5, 0.6) is 0 Å². The predicted molar refractivity (Wildman–Crippen MR) is 124 cm³/mol. The van der Waals surface area contributed by atoms with E-state index in [0.29, 0.717) is 24.7 Å². The molecule has 1 aromatic heterocycles. The molecule has 2 aromatic carbocycles. The molecule has 1 saturated heterocycles. The number of carbonyl (C=O) groups excluding carboxylic acids is 1. The number of nitrogens with one attached hydrogen (secondary N) is 1. The lowest BCUT2D eigenvalue weighted by atomic mass is 10.0. The van der Waals surface area contributed by atoms with Crippen LogP contribution in [0.1, 0.15) is 53.0 Å². The van der Waals surface area contributed by atoms with Gasteiger partial charge in [0.25, 0.3) is 5.91 Å². The van der Waals surface area contributed by atoms with Gasteiger partial charge in [-0.25, -0.2) is 0 Å². The van der Waals surface area contributed by atoms with Crippen LogP contribution in [0, 0.1) is 0 Å². The molecule has 32 heavy (non-hydrogen) atoms. The number of aliphatic hydroxyl groups is 1. The smallest absolute Gasteiger partial charge is 0.254 e. The molecule has 4 rings (SSSR count). The van der Waals surface area contributed by atoms with Gasteiger partial charge in [-0.3, -0.25) is 4.79 Å². The topological polar surface area (TPSA) is 78.4 Å². The molecular weight excluding hydrogens is 400 g/mol. The first-order valence-electron chi connectivity index (χ1n) is 11.3. The van der Waals surface area contributed by atoms with Crippen molar-refractivity contribution < 1.29 is 9.90 Å². The monoisotopic (exact) mass is 430 g/mol. The highest BCUT2D eigenvalue weighted by atomic mass is 16.3. The van der Waals surface area contributed by atoms with Gasteiger partial charge in [0.15, 0.2) is 0 Å². The Hall–Kier alpha value is -3.09. The van der Waals surface area contributed by atoms with Crippen molar-refractivity contribution in [1.29, 1.82) is 0 Å². The summed E-state index contributed by atoms with van der Waals surface area (Å²) in [7, 11) is 0. The average molecular weight is 431 g/mol. The first-order valence-corrected chi connectivity index (χ1v) is 11.3. The third-order valence-electron chi connectivity index (χ3n) is 6.13. The van der Waals surface area contributed by atoms with Crippen molar-refractivity contribution >= 4 is 5.91 Å². The standard InChI is InChI=1S/C26H30N4O2/c1-2-30(18-23-9-6-16-27-29-23)26(32)21-12-10-19(11-13-21)17-22-14-15-24(28-22)25(31)20-7-4-3-5-8-20/h3-13,16,22,24-25,28,31H,2,14-15,17-18H2,1H3/t22-,24+,25+/m0/s1. The molecule has 3 aromatic rings. The maximum atomic E-state index is 12.9. The van der Waals surface area contributed by atoms with E-state index in [0.717, 1.165) is 30.5 Å². The third kappa shape index (κ3) is 5.39. The van der Waals surface area contributed by atoms with E-state index in [2.05, 4.69) is 15.5 Å². The van der Waals surface area contributed by atoms with Gasteiger partial charge in [0.1, 0.15) is 0 Å². The second-order valence-electron chi connectivity index (χ2n) is 8.34. The van der Waals surface area contributed by atoms with Crippen molar-refractivity contribution in [3.63, 3.8) is 0 Å². The maximum absolute atomic E-state index is 12.9. The van der Waals surface area contributed by atoms with Gasteiger partial charge in [0.05, 0.1) is 18.3 Å². The minimum atomic E-state index is -0.490. The fourth-order valence-corrected chi connectivity index (χ4v) is 4.33. The van der Waals surface area contributed by atoms with Crippen LogP contribution >= 0.6 is 0 Å². The first kappa shape index (κ1) is 22.1. The highest BCUT2D eigenvalue weighted by molar-refractivity contribution is 5.94. The summed E-state index contributed by atoms with van der Waals surface area (Å²) in [4.78, 5) is 14.7. The van der Waals surface area contributed by atoms with Crippen molar-refractivity contribution in [2.75, 3.05) is 6.54 Å². The fourth-order valence-electron chi connectivity index (χ4n) is 4.33. The van der Waals surface area contributed by atoms with Crippen LogP contribution in [-0.2, 0) is 13.0 Å². The molecule has 0 unspecified atom stereocenters. The summed E-state index contributed by atoms with van der Waals surface area (Å²) >= 11 is 0. The van der Waals surface area contributed by atoms with Gasteiger partial charge < -0.3 is 15.3 Å². The Morgan fingerprint density at radius 2 is 1.88 bits per heavy atom. The molecule has 1 fully saturated rings. The maximum Gasteiger partial charge on any atom is 0.254 e. The van der Waals surface area contributed by atoms with E-state index in [1.165, 1.54) is 5.56 Å². The van der Waals surface area contributed by atoms with Crippen LogP contribution in [0.2, 0.25) is 0 Å². The van der Waals surface area contributed by atoms with Crippen LogP contribution in [0.4, 0.5) is 0 Å². The number of rotatable bonds is 8. The van der Waals surface area contributed by atoms with Crippen LogP contribution in [0.25, 0.3) is 0 Å². The molecule has 1 aliphatic rings. The van der Waals surface area contributed by atoms with Gasteiger partial charge in [-0.05, 0) is 61.6 Å². The Morgan fingerprint density at radius 1 is 1.09 bits per heavy atom. The summed E-state index contributed by atoms with van der Waals surface area (Å²) in [5.74, 6) is -0.00487. The van der Waals surface area contributed by atoms with Crippen molar-refractivity contribution in [3.05, 3.63) is 95.3 Å². The summed E-state index contributed by atoms with van der Waals surface area (Å²) < 4.78 is 0. The molecule has 6 nitrogen and oxygen atoms in total. The van der Waals surface area contributed by atoms with E-state index in [1.54, 1.807) is 11.1 Å². The molecular formula is C26H30N4O2. The number of aromatic nitrogens is 2. The lowest BCUT2D eigenvalue weighted by Gasteiger charge is -2.21. The van der Waals surface area contributed by atoms with Gasteiger partial charge in [0, 0.05) is 30.4 Å². The fraction of sp³-hybridized carbons (Fsp3) is 0.346. The number of hydrogen-bond acceptors (Lipinski definition) is 5. The van der Waals surface area contributed by atoms with Crippen molar-refractivity contribution in [3.8, 4) is 0 Å². The molecule has 2 N–H and O–H groups in total. The first-order chi connectivity index (χ1) is 15.6. The zero-order valence-electron chi connectivity index (χ0n) is 18.4. The quantitative estimate of drug-likeness (QED) is 0.572. The van der Waals surface area contributed by atoms with Crippen LogP contribution in [-0.4, -0.2) is 44.7 Å². The Morgan fingerprint density at radius 3 is 2.56 bits per heavy atom. The van der Waals surface area contributed by atoms with E-state index in [4.69, 9.17) is 0 Å². The summed E-state index contributed by atoms with van der Waals surface area (Å²) in [5.41, 5.74) is 3.59. The van der Waals surface area contributed by atoms with Crippen molar-refractivity contribution in [1.82, 2.24) is 20.4 Å². The summed E-state index contributed by atoms with van der Waals surface area (Å²) in [6.45, 7) is 3.02. The minimum absolute atomic E-state index is 0.00487. The van der Waals surface area contributed by atoms with Gasteiger partial charge in [-0.15, -0.1) is 0 Å². The Kier molecular flexibility index (Phi) is 7.24. The zero-order chi connectivity index (χ0) is 22.3. The van der Waals surface area contributed by atoms with Gasteiger partial charge in [0.2, 0.25) is 0 Å². The number of hydrogen-bond donors (Lipinski definition) is 2. The van der Waals surface area contributed by atoms with Crippen molar-refractivity contribution in [2.24, 2.45) is 0 Å². The molecule has 166 valence electrons. The second kappa shape index (κ2) is 10.5. The number of nitrogens with zero attached hydrogens (tertiary/aromatic N) is 3. The van der Waals surface area contributed by atoms with E-state index in [9.17, 15) is 9.90 Å². The Bertz CT molecular complexity index is 995. The minimum Gasteiger partial charge on any atom is -0.387 e. The van der Waals surface area contributed by atoms with E-state index in [-0.39, 0.29) is 11.9 Å². The molecule has 0 aliphatic carbocycles. The normalized spacial score (nSPS) is 18.9. The number of carbonyl (C=O) groups is 1. The molecule has 6 heteroatoms. The Balaban J connectivity index is 1.33. The van der Waals surface area contributed by atoms with Gasteiger partial charge in [-0.1, -0.05) is 42.5 Å². The molecule has 0 radical (unpaired) electrons. The third-order valence-corrected chi connectivity index (χ3v) is 6.13. The van der Waals surface area contributed by atoms with Crippen molar-refractivity contribution in [2.45, 2.75) is 50.9 Å². The number of aliphatic hydroxyl groups excluding tert-OH is 1. The molecule has 2 heterocycles. The van der Waals surface area contributed by atoms with E-state index >= 15 is 0 Å². The Labute approximate surface area is 189 Å². The summed E-state index contributed by atoms with van der Waals surface area (Å²) in [5, 5.41) is 22.2. The highest BCUT2D eigenvalue weighted by Crippen LogP contribution is 2.26. The lowest BCUT2D eigenvalue weighted by Crippen LogP contribution is -2.35. The molecule has 0 saturated carbocycles. The summed E-state index contributed by atoms with van der Waals surface area (Å²) in [6, 6.07) is 21.8. The zero-order valence-corrected chi connectivity index (χ0v) is 18.4. The van der Waals surface area contributed by atoms with Crippen LogP contribution in [0.3, 0.4) is 0 Å². The van der Waals surface area contributed by atoms with Gasteiger partial charge >= 0.3 is 0 Å². The van der Waals surface area contributed by atoms with Crippen LogP contribution < -0.4 is 5.32 Å². The SMILES string of the molecule is CCN(Cc1cccnn1)C(=O)c1ccc(C[C@@H]2CC[C@H]([C@H](O)c3ccccc3)N2)cc1. The second-order valence-corrected chi connectivity index (χ2v) is 8.34. The average Bonchev–Trinajstić information content (AvgIpc) is 3.32. The highest BCUT2D eigenvalue weighted by Gasteiger charge is 2.29. The predicted octanol–water partition coefficient (Wildman–Crippen LogP) is 3.54. The molecule has 3 atom stereocenters. The van der Waals surface area contributed by atoms with Gasteiger partial charge in [-0.2, -0.15) is 10.2 Å². The summed E-state index contributed by atoms with van der Waals surface area (Å²) in [6.07, 6.45) is 3.99. The van der Waals surface area contributed by atoms with Crippen LogP contribution in [0.15, 0.2) is 72.9 Å². The molecule has 1 amide bonds. The number of benzene rings is 2. The number of amides is 1. The molecule has 0 spiro atoms. The van der Waals surface area contributed by atoms with E-state index < -0.39 is 6.10 Å². The largest absolute Gasteiger partial charge is 0.387 e. The van der Waals surface area contributed by atoms with E-state index in [1.807, 2.05) is 73.7 Å². The molecule has 1 aliphatic heterocycles. The lowest BCUT2D eigenvalue weighted by molar-refractivity contribution is 0.0750.